The number of carbonyl (C=O) groups excluding carboxylic acids is 1. The molecule has 0 N–H and O–H groups in total. The fourth-order valence-corrected chi connectivity index (χ4v) is 2.82. The summed E-state index contributed by atoms with van der Waals surface area (Å²) in [4.78, 5) is 18.5. The first-order valence-electron chi connectivity index (χ1n) is 7.52. The third-order valence-electron chi connectivity index (χ3n) is 4.24. The SMILES string of the molecule is COc1cccc(N2C[C@@H](c3nc(C4CC4)no3)CC2=O)c1. The molecule has 1 aromatic heterocycles. The molecule has 0 bridgehead atoms. The Hall–Kier alpha value is -2.37. The molecule has 6 nitrogen and oxygen atoms in total. The first-order valence-corrected chi connectivity index (χ1v) is 7.52. The second-order valence-electron chi connectivity index (χ2n) is 5.87. The van der Waals surface area contributed by atoms with Crippen LogP contribution in [0.2, 0.25) is 0 Å². The summed E-state index contributed by atoms with van der Waals surface area (Å²) >= 11 is 0. The standard InChI is InChI=1S/C16H17N3O3/c1-21-13-4-2-3-12(8-13)19-9-11(7-14(19)20)16-17-15(18-22-16)10-5-6-10/h2-4,8,10-11H,5-7,9H2,1H3/t11-/m0/s1. The van der Waals surface area contributed by atoms with Gasteiger partial charge in [-0.05, 0) is 25.0 Å². The zero-order valence-electron chi connectivity index (χ0n) is 12.4. The smallest absolute Gasteiger partial charge is 0.232 e. The zero-order chi connectivity index (χ0) is 15.1. The highest BCUT2D eigenvalue weighted by atomic mass is 16.5. The van der Waals surface area contributed by atoms with Gasteiger partial charge in [-0.1, -0.05) is 11.2 Å². The van der Waals surface area contributed by atoms with Crippen molar-refractivity contribution in [3.05, 3.63) is 36.0 Å². The minimum Gasteiger partial charge on any atom is -0.497 e. The molecule has 0 spiro atoms. The summed E-state index contributed by atoms with van der Waals surface area (Å²) in [6.07, 6.45) is 2.68. The van der Waals surface area contributed by atoms with Gasteiger partial charge in [0.15, 0.2) is 5.82 Å². The number of hydrogen-bond donors (Lipinski definition) is 0. The van der Waals surface area contributed by atoms with E-state index >= 15 is 0 Å². The van der Waals surface area contributed by atoms with Gasteiger partial charge < -0.3 is 14.2 Å². The first-order chi connectivity index (χ1) is 10.7. The number of aromatic nitrogens is 2. The van der Waals surface area contributed by atoms with Gasteiger partial charge in [0, 0.05) is 30.6 Å². The third-order valence-corrected chi connectivity index (χ3v) is 4.24. The number of benzene rings is 1. The molecular formula is C16H17N3O3. The summed E-state index contributed by atoms with van der Waals surface area (Å²) in [5.41, 5.74) is 0.841. The lowest BCUT2D eigenvalue weighted by Gasteiger charge is -2.16. The van der Waals surface area contributed by atoms with Gasteiger partial charge in [0.2, 0.25) is 11.8 Å². The number of carbonyl (C=O) groups is 1. The number of anilines is 1. The van der Waals surface area contributed by atoms with E-state index in [4.69, 9.17) is 9.26 Å². The molecule has 2 fully saturated rings. The number of ether oxygens (including phenoxy) is 1. The summed E-state index contributed by atoms with van der Waals surface area (Å²) in [6.45, 7) is 0.568. The second kappa shape index (κ2) is 5.12. The second-order valence-corrected chi connectivity index (χ2v) is 5.87. The summed E-state index contributed by atoms with van der Waals surface area (Å²) < 4.78 is 10.6. The Balaban J connectivity index is 1.54. The summed E-state index contributed by atoms with van der Waals surface area (Å²) in [7, 11) is 1.62. The summed E-state index contributed by atoms with van der Waals surface area (Å²) in [5.74, 6) is 2.62. The van der Waals surface area contributed by atoms with E-state index < -0.39 is 0 Å². The van der Waals surface area contributed by atoms with Gasteiger partial charge in [-0.15, -0.1) is 0 Å². The van der Waals surface area contributed by atoms with E-state index in [0.29, 0.717) is 24.8 Å². The Morgan fingerprint density at radius 2 is 2.18 bits per heavy atom. The van der Waals surface area contributed by atoms with Gasteiger partial charge in [-0.25, -0.2) is 0 Å². The fourth-order valence-electron chi connectivity index (χ4n) is 2.82. The Kier molecular flexibility index (Phi) is 3.10. The molecule has 6 heteroatoms. The van der Waals surface area contributed by atoms with Gasteiger partial charge in [0.05, 0.1) is 13.0 Å². The van der Waals surface area contributed by atoms with E-state index in [1.165, 1.54) is 0 Å². The normalized spacial score (nSPS) is 21.4. The Labute approximate surface area is 128 Å². The van der Waals surface area contributed by atoms with Crippen LogP contribution in [0, 0.1) is 0 Å². The van der Waals surface area contributed by atoms with Gasteiger partial charge >= 0.3 is 0 Å². The Morgan fingerprint density at radius 3 is 2.95 bits per heavy atom. The topological polar surface area (TPSA) is 68.5 Å². The first kappa shape index (κ1) is 13.3. The molecule has 22 heavy (non-hydrogen) atoms. The molecule has 2 aliphatic rings. The summed E-state index contributed by atoms with van der Waals surface area (Å²) in [5, 5.41) is 4.04. The molecular weight excluding hydrogens is 282 g/mol. The highest BCUT2D eigenvalue weighted by molar-refractivity contribution is 5.96. The van der Waals surface area contributed by atoms with Gasteiger partial charge in [-0.2, -0.15) is 4.98 Å². The molecule has 1 aliphatic heterocycles. The Bertz CT molecular complexity index is 708. The van der Waals surface area contributed by atoms with Crippen molar-refractivity contribution >= 4 is 11.6 Å². The maximum atomic E-state index is 12.3. The van der Waals surface area contributed by atoms with Crippen molar-refractivity contribution in [2.45, 2.75) is 31.1 Å². The highest BCUT2D eigenvalue weighted by Crippen LogP contribution is 2.39. The molecule has 2 heterocycles. The van der Waals surface area contributed by atoms with Crippen molar-refractivity contribution in [2.75, 3.05) is 18.6 Å². The summed E-state index contributed by atoms with van der Waals surface area (Å²) in [6, 6.07) is 7.52. The molecule has 2 aromatic rings. The molecule has 1 saturated heterocycles. The van der Waals surface area contributed by atoms with Crippen molar-refractivity contribution in [1.82, 2.24) is 10.1 Å². The predicted molar refractivity (Wildman–Crippen MR) is 79.0 cm³/mol. The van der Waals surface area contributed by atoms with Gasteiger partial charge in [-0.3, -0.25) is 4.79 Å². The van der Waals surface area contributed by atoms with Crippen LogP contribution in [0.25, 0.3) is 0 Å². The van der Waals surface area contributed by atoms with Crippen LogP contribution in [0.15, 0.2) is 28.8 Å². The largest absolute Gasteiger partial charge is 0.497 e. The van der Waals surface area contributed by atoms with Crippen LogP contribution in [0.4, 0.5) is 5.69 Å². The molecule has 1 saturated carbocycles. The van der Waals surface area contributed by atoms with Gasteiger partial charge in [0.25, 0.3) is 0 Å². The quantitative estimate of drug-likeness (QED) is 0.867. The van der Waals surface area contributed by atoms with Crippen molar-refractivity contribution in [1.29, 1.82) is 0 Å². The lowest BCUT2D eigenvalue weighted by molar-refractivity contribution is -0.117. The van der Waals surface area contributed by atoms with Crippen LogP contribution in [0.1, 0.15) is 42.8 Å². The number of methoxy groups -OCH3 is 1. The molecule has 1 aromatic carbocycles. The van der Waals surface area contributed by atoms with Gasteiger partial charge in [0.1, 0.15) is 5.75 Å². The lowest BCUT2D eigenvalue weighted by atomic mass is 10.1. The van der Waals surface area contributed by atoms with E-state index in [-0.39, 0.29) is 11.8 Å². The molecule has 0 unspecified atom stereocenters. The molecule has 0 radical (unpaired) electrons. The average molecular weight is 299 g/mol. The maximum Gasteiger partial charge on any atom is 0.232 e. The van der Waals surface area contributed by atoms with Crippen LogP contribution in [-0.2, 0) is 4.79 Å². The fraction of sp³-hybridized carbons (Fsp3) is 0.438. The molecule has 1 aliphatic carbocycles. The highest BCUT2D eigenvalue weighted by Gasteiger charge is 2.36. The predicted octanol–water partition coefficient (Wildman–Crippen LogP) is 2.48. The van der Waals surface area contributed by atoms with Crippen LogP contribution in [0.5, 0.6) is 5.75 Å². The number of nitrogens with zero attached hydrogens (tertiary/aromatic N) is 3. The third kappa shape index (κ3) is 2.34. The molecule has 114 valence electrons. The van der Waals surface area contributed by atoms with Crippen LogP contribution in [0.3, 0.4) is 0 Å². The average Bonchev–Trinajstić information content (AvgIpc) is 3.14. The van der Waals surface area contributed by atoms with E-state index in [1.54, 1.807) is 12.0 Å². The van der Waals surface area contributed by atoms with Crippen molar-refractivity contribution in [3.8, 4) is 5.75 Å². The van der Waals surface area contributed by atoms with E-state index in [0.717, 1.165) is 30.1 Å². The van der Waals surface area contributed by atoms with Crippen LogP contribution in [-0.4, -0.2) is 29.7 Å². The van der Waals surface area contributed by atoms with E-state index in [9.17, 15) is 4.79 Å². The molecule has 1 atom stereocenters. The zero-order valence-corrected chi connectivity index (χ0v) is 12.4. The lowest BCUT2D eigenvalue weighted by Crippen LogP contribution is -2.24. The van der Waals surface area contributed by atoms with Crippen molar-refractivity contribution < 1.29 is 14.1 Å². The van der Waals surface area contributed by atoms with Crippen molar-refractivity contribution in [2.24, 2.45) is 0 Å². The molecule has 4 rings (SSSR count). The Morgan fingerprint density at radius 1 is 1.32 bits per heavy atom. The minimum atomic E-state index is -0.0290. The monoisotopic (exact) mass is 299 g/mol. The van der Waals surface area contributed by atoms with Crippen molar-refractivity contribution in [3.63, 3.8) is 0 Å². The maximum absolute atomic E-state index is 12.3. The number of rotatable bonds is 4. The minimum absolute atomic E-state index is 0.0290. The van der Waals surface area contributed by atoms with E-state index in [1.807, 2.05) is 24.3 Å². The number of hydrogen-bond acceptors (Lipinski definition) is 5. The number of amides is 1. The van der Waals surface area contributed by atoms with Crippen LogP contribution >= 0.6 is 0 Å². The van der Waals surface area contributed by atoms with E-state index in [2.05, 4.69) is 10.1 Å². The van der Waals surface area contributed by atoms with Crippen LogP contribution < -0.4 is 9.64 Å². The molecule has 1 amide bonds.